The lowest BCUT2D eigenvalue weighted by molar-refractivity contribution is 0.251. The van der Waals surface area contributed by atoms with E-state index in [1.54, 1.807) is 19.2 Å². The fourth-order valence-corrected chi connectivity index (χ4v) is 2.04. The first-order valence-corrected chi connectivity index (χ1v) is 7.50. The van der Waals surface area contributed by atoms with Crippen molar-refractivity contribution < 1.29 is 19.0 Å². The Labute approximate surface area is 135 Å². The molecule has 0 fully saturated rings. The molecule has 5 heteroatoms. The molecule has 0 aliphatic carbocycles. The Bertz CT molecular complexity index is 616. The van der Waals surface area contributed by atoms with Gasteiger partial charge in [-0.25, -0.2) is 4.39 Å². The van der Waals surface area contributed by atoms with E-state index in [4.69, 9.17) is 14.6 Å². The molecule has 0 radical (unpaired) electrons. The summed E-state index contributed by atoms with van der Waals surface area (Å²) in [6.07, 6.45) is 0. The zero-order chi connectivity index (χ0) is 16.7. The maximum Gasteiger partial charge on any atom is 0.161 e. The summed E-state index contributed by atoms with van der Waals surface area (Å²) in [5.74, 6) is 1.01. The van der Waals surface area contributed by atoms with Crippen molar-refractivity contribution in [3.05, 3.63) is 59.4 Å². The van der Waals surface area contributed by atoms with Crippen LogP contribution >= 0.6 is 0 Å². The Kier molecular flexibility index (Phi) is 6.38. The van der Waals surface area contributed by atoms with Gasteiger partial charge in [-0.15, -0.1) is 0 Å². The van der Waals surface area contributed by atoms with Crippen LogP contribution in [0.5, 0.6) is 11.5 Å². The van der Waals surface area contributed by atoms with Crippen molar-refractivity contribution in [1.82, 2.24) is 5.32 Å². The average molecular weight is 319 g/mol. The second-order valence-corrected chi connectivity index (χ2v) is 5.36. The number of aliphatic hydroxyl groups is 1. The van der Waals surface area contributed by atoms with Gasteiger partial charge < -0.3 is 19.9 Å². The van der Waals surface area contributed by atoms with Crippen LogP contribution in [0.2, 0.25) is 0 Å². The quantitative estimate of drug-likeness (QED) is 0.785. The Morgan fingerprint density at radius 2 is 1.78 bits per heavy atom. The van der Waals surface area contributed by atoms with Gasteiger partial charge in [0.25, 0.3) is 0 Å². The van der Waals surface area contributed by atoms with E-state index in [0.717, 1.165) is 11.1 Å². The van der Waals surface area contributed by atoms with Gasteiger partial charge in [0.2, 0.25) is 0 Å². The third-order valence-corrected chi connectivity index (χ3v) is 3.46. The van der Waals surface area contributed by atoms with Crippen LogP contribution in [-0.4, -0.2) is 24.9 Å². The first-order chi connectivity index (χ1) is 11.1. The summed E-state index contributed by atoms with van der Waals surface area (Å²) in [5.41, 5.74) is 1.92. The van der Waals surface area contributed by atoms with E-state index in [9.17, 15) is 4.39 Å². The molecule has 0 unspecified atom stereocenters. The van der Waals surface area contributed by atoms with E-state index < -0.39 is 0 Å². The monoisotopic (exact) mass is 319 g/mol. The van der Waals surface area contributed by atoms with Gasteiger partial charge in [0.05, 0.1) is 13.7 Å². The molecule has 23 heavy (non-hydrogen) atoms. The largest absolute Gasteiger partial charge is 0.493 e. The van der Waals surface area contributed by atoms with Gasteiger partial charge in [0.1, 0.15) is 12.4 Å². The zero-order valence-corrected chi connectivity index (χ0v) is 13.4. The average Bonchev–Trinajstić information content (AvgIpc) is 2.59. The minimum Gasteiger partial charge on any atom is -0.493 e. The predicted octanol–water partition coefficient (Wildman–Crippen LogP) is 2.88. The number of hydrogen-bond acceptors (Lipinski definition) is 4. The molecule has 0 spiro atoms. The first kappa shape index (κ1) is 17.2. The maximum absolute atomic E-state index is 12.9. The van der Waals surface area contributed by atoms with E-state index in [-0.39, 0.29) is 18.5 Å². The van der Waals surface area contributed by atoms with Crippen LogP contribution in [0, 0.1) is 5.82 Å². The van der Waals surface area contributed by atoms with Gasteiger partial charge in [-0.3, -0.25) is 0 Å². The number of halogens is 1. The molecule has 2 aromatic carbocycles. The molecular weight excluding hydrogens is 297 g/mol. The summed E-state index contributed by atoms with van der Waals surface area (Å²) >= 11 is 0. The molecular formula is C18H22FNO3. The highest BCUT2D eigenvalue weighted by atomic mass is 19.1. The number of benzene rings is 2. The van der Waals surface area contributed by atoms with E-state index in [1.807, 2.05) is 25.1 Å². The Morgan fingerprint density at radius 3 is 2.43 bits per heavy atom. The van der Waals surface area contributed by atoms with Crippen molar-refractivity contribution in [2.45, 2.75) is 26.1 Å². The second kappa shape index (κ2) is 8.50. The van der Waals surface area contributed by atoms with Crippen molar-refractivity contribution in [3.63, 3.8) is 0 Å². The summed E-state index contributed by atoms with van der Waals surface area (Å²) in [6, 6.07) is 11.9. The van der Waals surface area contributed by atoms with Crippen LogP contribution in [0.3, 0.4) is 0 Å². The number of rotatable bonds is 8. The van der Waals surface area contributed by atoms with Crippen LogP contribution in [0.25, 0.3) is 0 Å². The molecule has 0 saturated heterocycles. The van der Waals surface area contributed by atoms with E-state index in [2.05, 4.69) is 5.32 Å². The lowest BCUT2D eigenvalue weighted by atomic mass is 10.2. The highest BCUT2D eigenvalue weighted by molar-refractivity contribution is 5.43. The highest BCUT2D eigenvalue weighted by Gasteiger charge is 2.07. The normalized spacial score (nSPS) is 12.0. The van der Waals surface area contributed by atoms with Crippen molar-refractivity contribution in [3.8, 4) is 11.5 Å². The Hall–Kier alpha value is -2.11. The maximum atomic E-state index is 12.9. The Morgan fingerprint density at radius 1 is 1.09 bits per heavy atom. The first-order valence-electron chi connectivity index (χ1n) is 7.50. The Balaban J connectivity index is 1.99. The van der Waals surface area contributed by atoms with E-state index in [0.29, 0.717) is 24.7 Å². The molecule has 0 bridgehead atoms. The van der Waals surface area contributed by atoms with Crippen LogP contribution in [0.15, 0.2) is 42.5 Å². The topological polar surface area (TPSA) is 50.7 Å². The molecule has 2 aromatic rings. The lowest BCUT2D eigenvalue weighted by Gasteiger charge is -2.14. The SMILES string of the molecule is COc1cc(CN[C@H](C)CO)ccc1OCc1ccc(F)cc1. The second-order valence-electron chi connectivity index (χ2n) is 5.36. The predicted molar refractivity (Wildman–Crippen MR) is 87.1 cm³/mol. The molecule has 0 aromatic heterocycles. The number of ether oxygens (including phenoxy) is 2. The number of nitrogens with one attached hydrogen (secondary N) is 1. The molecule has 0 saturated carbocycles. The summed E-state index contributed by atoms with van der Waals surface area (Å²) < 4.78 is 24.0. The molecule has 2 N–H and O–H groups in total. The molecule has 0 aliphatic heterocycles. The number of methoxy groups -OCH3 is 1. The van der Waals surface area contributed by atoms with Crippen LogP contribution in [0.4, 0.5) is 4.39 Å². The molecule has 0 heterocycles. The van der Waals surface area contributed by atoms with Gasteiger partial charge in [0.15, 0.2) is 11.5 Å². The van der Waals surface area contributed by atoms with Crippen LogP contribution in [0.1, 0.15) is 18.1 Å². The van der Waals surface area contributed by atoms with Gasteiger partial charge in [0, 0.05) is 12.6 Å². The molecule has 124 valence electrons. The van der Waals surface area contributed by atoms with Gasteiger partial charge in [-0.05, 0) is 42.3 Å². The van der Waals surface area contributed by atoms with E-state index in [1.165, 1.54) is 12.1 Å². The smallest absolute Gasteiger partial charge is 0.161 e. The standard InChI is InChI=1S/C18H22FNO3/c1-13(11-21)20-10-15-5-8-17(18(9-15)22-2)23-12-14-3-6-16(19)7-4-14/h3-9,13,20-21H,10-12H2,1-2H3/t13-/m1/s1. The van der Waals surface area contributed by atoms with Gasteiger partial charge >= 0.3 is 0 Å². The third-order valence-electron chi connectivity index (χ3n) is 3.46. The third kappa shape index (κ3) is 5.23. The fourth-order valence-electron chi connectivity index (χ4n) is 2.04. The molecule has 2 rings (SSSR count). The minimum absolute atomic E-state index is 0.0374. The van der Waals surface area contributed by atoms with Crippen molar-refractivity contribution in [2.24, 2.45) is 0 Å². The molecule has 0 amide bonds. The van der Waals surface area contributed by atoms with Crippen LogP contribution in [-0.2, 0) is 13.2 Å². The van der Waals surface area contributed by atoms with Crippen LogP contribution < -0.4 is 14.8 Å². The van der Waals surface area contributed by atoms with Gasteiger partial charge in [-0.1, -0.05) is 18.2 Å². The lowest BCUT2D eigenvalue weighted by Crippen LogP contribution is -2.28. The highest BCUT2D eigenvalue weighted by Crippen LogP contribution is 2.28. The summed E-state index contributed by atoms with van der Waals surface area (Å²) in [4.78, 5) is 0. The van der Waals surface area contributed by atoms with E-state index >= 15 is 0 Å². The summed E-state index contributed by atoms with van der Waals surface area (Å²) in [5, 5.41) is 12.2. The van der Waals surface area contributed by atoms with Crippen molar-refractivity contribution in [2.75, 3.05) is 13.7 Å². The zero-order valence-electron chi connectivity index (χ0n) is 13.4. The minimum atomic E-state index is -0.264. The van der Waals surface area contributed by atoms with Crippen molar-refractivity contribution >= 4 is 0 Å². The molecule has 0 aliphatic rings. The summed E-state index contributed by atoms with van der Waals surface area (Å²) in [7, 11) is 1.59. The van der Waals surface area contributed by atoms with Gasteiger partial charge in [-0.2, -0.15) is 0 Å². The molecule has 1 atom stereocenters. The molecule has 4 nitrogen and oxygen atoms in total. The fraction of sp³-hybridized carbons (Fsp3) is 0.333. The van der Waals surface area contributed by atoms with Crippen molar-refractivity contribution in [1.29, 1.82) is 0 Å². The summed E-state index contributed by atoms with van der Waals surface area (Å²) in [6.45, 7) is 2.99. The number of aliphatic hydroxyl groups excluding tert-OH is 1. The number of hydrogen-bond donors (Lipinski definition) is 2.